The van der Waals surface area contributed by atoms with Crippen LogP contribution in [0.4, 0.5) is 9.59 Å². The second-order valence-corrected chi connectivity index (χ2v) is 10.5. The van der Waals surface area contributed by atoms with Gasteiger partial charge in [-0.25, -0.2) is 19.6 Å². The molecule has 33 heavy (non-hydrogen) atoms. The number of thioether (sulfide) groups is 1. The molecule has 4 aliphatic rings. The predicted molar refractivity (Wildman–Crippen MR) is 123 cm³/mol. The van der Waals surface area contributed by atoms with Crippen LogP contribution in [-0.2, 0) is 9.59 Å². The van der Waals surface area contributed by atoms with Gasteiger partial charge in [-0.3, -0.25) is 20.2 Å². The molecule has 12 nitrogen and oxygen atoms in total. The van der Waals surface area contributed by atoms with Crippen LogP contribution in [0.1, 0.15) is 27.7 Å². The number of rotatable bonds is 4. The van der Waals surface area contributed by atoms with Crippen molar-refractivity contribution >= 4 is 46.0 Å². The Kier molecular flexibility index (Phi) is 6.01. The molecule has 4 aliphatic heterocycles. The van der Waals surface area contributed by atoms with Crippen molar-refractivity contribution in [3.8, 4) is 0 Å². The number of urea groups is 2. The number of carbonyl (C=O) groups excluding carboxylic acids is 4. The maximum absolute atomic E-state index is 12.7. The van der Waals surface area contributed by atoms with Crippen molar-refractivity contribution in [2.75, 3.05) is 27.2 Å². The first-order chi connectivity index (χ1) is 15.5. The molecule has 0 spiro atoms. The standard InChI is InChI=1S/C20H30N8O4S/c1-9(2)7-27-11-13(25(5)17(31)23-15(11)29)21-19(27)33-20-22-14-12(28(20)8-10(3)4)16(30)24-18(32)26(14)6/h9-14H,7-8H2,1-6H3,(H,23,29,31)(H,24,30,32). The number of carbonyl (C=O) groups is 4. The summed E-state index contributed by atoms with van der Waals surface area (Å²) in [6.07, 6.45) is -1.27. The van der Waals surface area contributed by atoms with Crippen molar-refractivity contribution in [3.05, 3.63) is 0 Å². The van der Waals surface area contributed by atoms with Gasteiger partial charge in [0.2, 0.25) is 0 Å². The molecule has 180 valence electrons. The molecule has 4 heterocycles. The molecule has 2 saturated heterocycles. The molecule has 6 amide bonds. The van der Waals surface area contributed by atoms with Gasteiger partial charge in [0.25, 0.3) is 11.8 Å². The minimum atomic E-state index is -0.636. The van der Waals surface area contributed by atoms with Gasteiger partial charge in [0, 0.05) is 27.2 Å². The van der Waals surface area contributed by atoms with E-state index in [-0.39, 0.29) is 23.7 Å². The fourth-order valence-electron chi connectivity index (χ4n) is 4.42. The van der Waals surface area contributed by atoms with Crippen LogP contribution in [0.25, 0.3) is 0 Å². The van der Waals surface area contributed by atoms with Crippen LogP contribution in [0.3, 0.4) is 0 Å². The highest BCUT2D eigenvalue weighted by molar-refractivity contribution is 8.26. The summed E-state index contributed by atoms with van der Waals surface area (Å²) in [5, 5.41) is 5.92. The SMILES string of the molecule is CC(C)CN1C(SC2=NC3C(C(=O)NC(=O)N3C)N2CC(C)C)=NC2C1C(=O)NC(=O)N2C. The summed E-state index contributed by atoms with van der Waals surface area (Å²) >= 11 is 1.27. The molecule has 0 aliphatic carbocycles. The fraction of sp³-hybridized carbons (Fsp3) is 0.700. The normalized spacial score (nSPS) is 29.5. The zero-order valence-corrected chi connectivity index (χ0v) is 20.4. The Morgan fingerprint density at radius 2 is 1.12 bits per heavy atom. The van der Waals surface area contributed by atoms with Gasteiger partial charge in [0.05, 0.1) is 0 Å². The third-order valence-electron chi connectivity index (χ3n) is 5.95. The van der Waals surface area contributed by atoms with Gasteiger partial charge in [-0.1, -0.05) is 27.7 Å². The van der Waals surface area contributed by atoms with Crippen LogP contribution >= 0.6 is 11.8 Å². The van der Waals surface area contributed by atoms with Crippen molar-refractivity contribution in [2.45, 2.75) is 52.1 Å². The first-order valence-electron chi connectivity index (χ1n) is 11.0. The van der Waals surface area contributed by atoms with Gasteiger partial charge in [0.15, 0.2) is 34.8 Å². The minimum absolute atomic E-state index is 0.236. The Balaban J connectivity index is 1.68. The Bertz CT molecular complexity index is 876. The van der Waals surface area contributed by atoms with E-state index in [4.69, 9.17) is 9.98 Å². The van der Waals surface area contributed by atoms with E-state index in [1.54, 1.807) is 14.1 Å². The van der Waals surface area contributed by atoms with Crippen LogP contribution in [0.15, 0.2) is 9.98 Å². The lowest BCUT2D eigenvalue weighted by molar-refractivity contribution is -0.128. The number of nitrogens with zero attached hydrogens (tertiary/aromatic N) is 6. The van der Waals surface area contributed by atoms with Crippen LogP contribution in [0, 0.1) is 11.8 Å². The molecular weight excluding hydrogens is 448 g/mol. The number of amides is 6. The van der Waals surface area contributed by atoms with Crippen molar-refractivity contribution in [1.82, 2.24) is 30.2 Å². The van der Waals surface area contributed by atoms with Crippen molar-refractivity contribution in [1.29, 1.82) is 0 Å². The molecule has 0 bridgehead atoms. The number of aliphatic imine (C=N–C) groups is 2. The second-order valence-electron chi connectivity index (χ2n) is 9.55. The maximum Gasteiger partial charge on any atom is 0.325 e. The summed E-state index contributed by atoms with van der Waals surface area (Å²) in [6, 6.07) is -2.23. The summed E-state index contributed by atoms with van der Waals surface area (Å²) in [5.74, 6) is -0.290. The molecule has 2 fully saturated rings. The largest absolute Gasteiger partial charge is 0.335 e. The van der Waals surface area contributed by atoms with Gasteiger partial charge in [0.1, 0.15) is 0 Å². The smallest absolute Gasteiger partial charge is 0.325 e. The summed E-state index contributed by atoms with van der Waals surface area (Å²) in [6.45, 7) is 9.30. The van der Waals surface area contributed by atoms with E-state index in [1.165, 1.54) is 21.6 Å². The Morgan fingerprint density at radius 1 is 0.758 bits per heavy atom. The van der Waals surface area contributed by atoms with E-state index in [9.17, 15) is 19.2 Å². The molecule has 0 aromatic rings. The molecular formula is C20H30N8O4S. The molecule has 0 aromatic heterocycles. The highest BCUT2D eigenvalue weighted by Crippen LogP contribution is 2.34. The molecule has 2 N–H and O–H groups in total. The third-order valence-corrected chi connectivity index (χ3v) is 7.00. The maximum atomic E-state index is 12.7. The quantitative estimate of drug-likeness (QED) is 0.587. The molecule has 13 heteroatoms. The minimum Gasteiger partial charge on any atom is -0.335 e. The number of fused-ring (bicyclic) bond motifs is 2. The van der Waals surface area contributed by atoms with E-state index in [2.05, 4.69) is 10.6 Å². The topological polar surface area (TPSA) is 130 Å². The molecule has 4 atom stereocenters. The Labute approximate surface area is 196 Å². The van der Waals surface area contributed by atoms with Crippen LogP contribution in [0.5, 0.6) is 0 Å². The lowest BCUT2D eigenvalue weighted by Crippen LogP contribution is -2.64. The lowest BCUT2D eigenvalue weighted by Gasteiger charge is -2.37. The number of likely N-dealkylation sites (N-methyl/N-ethyl adjacent to an activating group) is 2. The molecule has 4 rings (SSSR count). The van der Waals surface area contributed by atoms with Crippen LogP contribution < -0.4 is 10.6 Å². The van der Waals surface area contributed by atoms with E-state index < -0.39 is 36.5 Å². The number of amidine groups is 2. The number of hydrogen-bond donors (Lipinski definition) is 2. The molecule has 0 radical (unpaired) electrons. The Morgan fingerprint density at radius 3 is 1.45 bits per heavy atom. The van der Waals surface area contributed by atoms with Gasteiger partial charge < -0.3 is 19.6 Å². The number of hydrogen-bond acceptors (Lipinski definition) is 9. The van der Waals surface area contributed by atoms with Crippen molar-refractivity contribution in [3.63, 3.8) is 0 Å². The van der Waals surface area contributed by atoms with Gasteiger partial charge in [-0.15, -0.1) is 0 Å². The van der Waals surface area contributed by atoms with E-state index >= 15 is 0 Å². The van der Waals surface area contributed by atoms with E-state index in [0.29, 0.717) is 23.4 Å². The average molecular weight is 479 g/mol. The van der Waals surface area contributed by atoms with Gasteiger partial charge in [-0.05, 0) is 23.6 Å². The summed E-state index contributed by atoms with van der Waals surface area (Å²) in [5.41, 5.74) is 0. The van der Waals surface area contributed by atoms with Crippen LogP contribution in [0.2, 0.25) is 0 Å². The predicted octanol–water partition coefficient (Wildman–Crippen LogP) is 0.127. The summed E-state index contributed by atoms with van der Waals surface area (Å²) < 4.78 is 0. The second kappa shape index (κ2) is 8.50. The lowest BCUT2D eigenvalue weighted by atomic mass is 10.1. The molecule has 0 saturated carbocycles. The third kappa shape index (κ3) is 4.02. The van der Waals surface area contributed by atoms with E-state index in [0.717, 1.165) is 0 Å². The molecule has 4 unspecified atom stereocenters. The van der Waals surface area contributed by atoms with Crippen molar-refractivity contribution < 1.29 is 19.2 Å². The van der Waals surface area contributed by atoms with E-state index in [1.807, 2.05) is 37.5 Å². The Hall–Kier alpha value is -2.83. The first kappa shape index (κ1) is 23.3. The highest BCUT2D eigenvalue weighted by Gasteiger charge is 2.52. The monoisotopic (exact) mass is 478 g/mol. The zero-order chi connectivity index (χ0) is 24.2. The van der Waals surface area contributed by atoms with Crippen molar-refractivity contribution in [2.24, 2.45) is 21.8 Å². The van der Waals surface area contributed by atoms with Crippen LogP contribution in [-0.4, -0.2) is 105 Å². The highest BCUT2D eigenvalue weighted by atomic mass is 32.2. The first-order valence-corrected chi connectivity index (χ1v) is 11.8. The van der Waals surface area contributed by atoms with Gasteiger partial charge in [-0.2, -0.15) is 0 Å². The zero-order valence-electron chi connectivity index (χ0n) is 19.6. The van der Waals surface area contributed by atoms with Gasteiger partial charge >= 0.3 is 12.1 Å². The summed E-state index contributed by atoms with van der Waals surface area (Å²) in [4.78, 5) is 65.9. The average Bonchev–Trinajstić information content (AvgIpc) is 3.24. The number of imide groups is 2. The molecule has 0 aromatic carbocycles. The fourth-order valence-corrected chi connectivity index (χ4v) is 5.52. The number of nitrogens with one attached hydrogen (secondary N) is 2. The summed E-state index contributed by atoms with van der Waals surface area (Å²) in [7, 11) is 3.23.